The van der Waals surface area contributed by atoms with Crippen molar-refractivity contribution in [3.05, 3.63) is 5.92 Å². The highest BCUT2D eigenvalue weighted by Gasteiger charge is 2.26. The average Bonchev–Trinajstić information content (AvgIpc) is 2.40. The first-order chi connectivity index (χ1) is 5.25. The Morgan fingerprint density at radius 1 is 1.55 bits per heavy atom. The molecule has 1 saturated heterocycles. The van der Waals surface area contributed by atoms with Crippen molar-refractivity contribution in [1.29, 1.82) is 0 Å². The zero-order chi connectivity index (χ0) is 8.27. The molecule has 1 fully saturated rings. The molecule has 0 aromatic carbocycles. The first kappa shape index (κ1) is 9.01. The van der Waals surface area contributed by atoms with Crippen molar-refractivity contribution >= 4 is 0 Å². The zero-order valence-electron chi connectivity index (χ0n) is 7.43. The van der Waals surface area contributed by atoms with Gasteiger partial charge in [0.1, 0.15) is 0 Å². The molecule has 1 atom stereocenters. The van der Waals surface area contributed by atoms with Gasteiger partial charge in [0.25, 0.3) is 0 Å². The lowest BCUT2D eigenvalue weighted by molar-refractivity contribution is 0.196. The molecule has 1 radical (unpaired) electrons. The van der Waals surface area contributed by atoms with E-state index < -0.39 is 0 Å². The molecule has 1 heterocycles. The van der Waals surface area contributed by atoms with Crippen molar-refractivity contribution in [3.63, 3.8) is 0 Å². The van der Waals surface area contributed by atoms with E-state index in [9.17, 15) is 0 Å². The molecule has 2 N–H and O–H groups in total. The van der Waals surface area contributed by atoms with Crippen LogP contribution in [-0.2, 0) is 0 Å². The summed E-state index contributed by atoms with van der Waals surface area (Å²) in [6.45, 7) is 6.77. The van der Waals surface area contributed by atoms with E-state index in [4.69, 9.17) is 5.11 Å². The predicted octanol–water partition coefficient (Wildman–Crippen LogP) is 0.819. The van der Waals surface area contributed by atoms with Crippen LogP contribution < -0.4 is 5.32 Å². The van der Waals surface area contributed by atoms with Gasteiger partial charge < -0.3 is 10.4 Å². The Labute approximate surface area is 69.0 Å². The van der Waals surface area contributed by atoms with Crippen LogP contribution in [0.2, 0.25) is 0 Å². The molecule has 0 amide bonds. The van der Waals surface area contributed by atoms with E-state index >= 15 is 0 Å². The van der Waals surface area contributed by atoms with Crippen molar-refractivity contribution in [3.8, 4) is 0 Å². The lowest BCUT2D eigenvalue weighted by atomic mass is 9.83. The van der Waals surface area contributed by atoms with Crippen molar-refractivity contribution < 1.29 is 5.11 Å². The molecule has 0 spiro atoms. The van der Waals surface area contributed by atoms with E-state index in [1.54, 1.807) is 0 Å². The topological polar surface area (TPSA) is 32.3 Å². The van der Waals surface area contributed by atoms with E-state index in [0.717, 1.165) is 19.5 Å². The Balaban J connectivity index is 2.40. The van der Waals surface area contributed by atoms with Crippen LogP contribution in [0.15, 0.2) is 0 Å². The highest BCUT2D eigenvalue weighted by atomic mass is 16.3. The maximum Gasteiger partial charge on any atom is 0.0467 e. The summed E-state index contributed by atoms with van der Waals surface area (Å²) in [5, 5.41) is 12.4. The van der Waals surface area contributed by atoms with Gasteiger partial charge in [0.15, 0.2) is 0 Å². The van der Waals surface area contributed by atoms with E-state index in [1.807, 2.05) is 0 Å². The summed E-state index contributed by atoms with van der Waals surface area (Å²) < 4.78 is 0. The number of rotatable bonds is 3. The minimum Gasteiger partial charge on any atom is -0.396 e. The maximum atomic E-state index is 9.11. The van der Waals surface area contributed by atoms with Gasteiger partial charge in [-0.3, -0.25) is 0 Å². The Morgan fingerprint density at radius 2 is 2.27 bits per heavy atom. The summed E-state index contributed by atoms with van der Waals surface area (Å²) in [5.74, 6) is 2.50. The lowest BCUT2D eigenvalue weighted by Crippen LogP contribution is -2.23. The number of aliphatic hydroxyl groups excluding tert-OH is 1. The highest BCUT2D eigenvalue weighted by Crippen LogP contribution is 2.26. The van der Waals surface area contributed by atoms with Crippen LogP contribution in [0.25, 0.3) is 0 Å². The first-order valence-corrected chi connectivity index (χ1v) is 4.42. The molecule has 1 rings (SSSR count). The molecular weight excluding hydrogens is 138 g/mol. The van der Waals surface area contributed by atoms with Gasteiger partial charge in [0.2, 0.25) is 0 Å². The quantitative estimate of drug-likeness (QED) is 0.634. The molecule has 0 bridgehead atoms. The molecule has 0 aliphatic carbocycles. The van der Waals surface area contributed by atoms with Gasteiger partial charge in [0, 0.05) is 13.2 Å². The van der Waals surface area contributed by atoms with Gasteiger partial charge in [-0.2, -0.15) is 0 Å². The fraction of sp³-hybridized carbons (Fsp3) is 0.889. The third-order valence-corrected chi connectivity index (χ3v) is 2.50. The van der Waals surface area contributed by atoms with Crippen LogP contribution in [0.4, 0.5) is 0 Å². The number of aliphatic hydroxyl groups is 1. The lowest BCUT2D eigenvalue weighted by Gasteiger charge is -2.23. The van der Waals surface area contributed by atoms with Crippen LogP contribution in [0, 0.1) is 17.8 Å². The molecule has 1 aliphatic rings. The van der Waals surface area contributed by atoms with Gasteiger partial charge in [-0.05, 0) is 30.7 Å². The standard InChI is InChI=1S/C9H18NO/c1-7(2)9(6-11)8-3-4-10-5-8/h7,9-11H,3-6H2,1-2H3. The summed E-state index contributed by atoms with van der Waals surface area (Å²) in [6, 6.07) is 0. The fourth-order valence-electron chi connectivity index (χ4n) is 1.71. The van der Waals surface area contributed by atoms with E-state index in [2.05, 4.69) is 19.2 Å². The summed E-state index contributed by atoms with van der Waals surface area (Å²) in [4.78, 5) is 0. The molecule has 2 nitrogen and oxygen atoms in total. The average molecular weight is 156 g/mol. The van der Waals surface area contributed by atoms with Crippen molar-refractivity contribution in [2.45, 2.75) is 20.3 Å². The van der Waals surface area contributed by atoms with Gasteiger partial charge >= 0.3 is 0 Å². The van der Waals surface area contributed by atoms with E-state index in [0.29, 0.717) is 18.4 Å². The monoisotopic (exact) mass is 156 g/mol. The van der Waals surface area contributed by atoms with Crippen molar-refractivity contribution in [2.75, 3.05) is 19.7 Å². The molecule has 0 saturated carbocycles. The van der Waals surface area contributed by atoms with E-state index in [1.165, 1.54) is 5.92 Å². The number of hydrogen-bond donors (Lipinski definition) is 2. The Morgan fingerprint density at radius 3 is 2.64 bits per heavy atom. The summed E-state index contributed by atoms with van der Waals surface area (Å²) >= 11 is 0. The molecule has 2 heteroatoms. The highest BCUT2D eigenvalue weighted by molar-refractivity contribution is 5.03. The summed E-state index contributed by atoms with van der Waals surface area (Å²) in [7, 11) is 0. The third-order valence-electron chi connectivity index (χ3n) is 2.50. The Bertz CT molecular complexity index is 108. The smallest absolute Gasteiger partial charge is 0.0467 e. The molecule has 0 aromatic heterocycles. The molecule has 11 heavy (non-hydrogen) atoms. The van der Waals surface area contributed by atoms with Crippen molar-refractivity contribution in [1.82, 2.24) is 5.32 Å². The maximum absolute atomic E-state index is 9.11. The number of hydrogen-bond acceptors (Lipinski definition) is 2. The predicted molar refractivity (Wildman–Crippen MR) is 46.1 cm³/mol. The SMILES string of the molecule is CC(C)C(CO)[C]1CCNC1. The first-order valence-electron chi connectivity index (χ1n) is 4.42. The third kappa shape index (κ3) is 2.17. The molecule has 1 aliphatic heterocycles. The van der Waals surface area contributed by atoms with Gasteiger partial charge in [-0.1, -0.05) is 13.8 Å². The van der Waals surface area contributed by atoms with Crippen LogP contribution in [-0.4, -0.2) is 24.8 Å². The fourth-order valence-corrected chi connectivity index (χ4v) is 1.71. The van der Waals surface area contributed by atoms with Crippen LogP contribution in [0.3, 0.4) is 0 Å². The van der Waals surface area contributed by atoms with Gasteiger partial charge in [-0.25, -0.2) is 0 Å². The molecule has 1 unspecified atom stereocenters. The molecule has 65 valence electrons. The minimum atomic E-state index is 0.314. The van der Waals surface area contributed by atoms with Crippen LogP contribution in [0.1, 0.15) is 20.3 Å². The summed E-state index contributed by atoms with van der Waals surface area (Å²) in [6.07, 6.45) is 1.16. The Hall–Kier alpha value is -0.0800. The second-order valence-corrected chi connectivity index (χ2v) is 3.62. The van der Waals surface area contributed by atoms with Crippen LogP contribution >= 0.6 is 0 Å². The number of nitrogens with one attached hydrogen (secondary N) is 1. The van der Waals surface area contributed by atoms with Crippen LogP contribution in [0.5, 0.6) is 0 Å². The molecule has 0 aromatic rings. The van der Waals surface area contributed by atoms with Crippen molar-refractivity contribution in [2.24, 2.45) is 11.8 Å². The van der Waals surface area contributed by atoms with Gasteiger partial charge in [-0.15, -0.1) is 0 Å². The largest absolute Gasteiger partial charge is 0.396 e. The zero-order valence-corrected chi connectivity index (χ0v) is 7.43. The second kappa shape index (κ2) is 4.07. The normalized spacial score (nSPS) is 22.9. The van der Waals surface area contributed by atoms with Gasteiger partial charge in [0.05, 0.1) is 0 Å². The molecular formula is C9H18NO. The summed E-state index contributed by atoms with van der Waals surface area (Å²) in [5.41, 5.74) is 0. The Kier molecular flexibility index (Phi) is 3.34. The van der Waals surface area contributed by atoms with E-state index in [-0.39, 0.29) is 0 Å². The second-order valence-electron chi connectivity index (χ2n) is 3.62. The minimum absolute atomic E-state index is 0.314.